The zero-order valence-corrected chi connectivity index (χ0v) is 16.0. The second kappa shape index (κ2) is 7.39. The van der Waals surface area contributed by atoms with Gasteiger partial charge in [0.25, 0.3) is 0 Å². The van der Waals surface area contributed by atoms with E-state index in [9.17, 15) is 14.4 Å². The molecule has 29 heavy (non-hydrogen) atoms. The van der Waals surface area contributed by atoms with Crippen molar-refractivity contribution in [3.8, 4) is 5.75 Å². The van der Waals surface area contributed by atoms with E-state index < -0.39 is 12.6 Å². The lowest BCUT2D eigenvalue weighted by Crippen LogP contribution is -2.15. The minimum atomic E-state index is -0.632. The molecule has 0 unspecified atom stereocenters. The van der Waals surface area contributed by atoms with Gasteiger partial charge in [-0.1, -0.05) is 24.3 Å². The van der Waals surface area contributed by atoms with Crippen LogP contribution in [0.1, 0.15) is 39.1 Å². The molecule has 1 N–H and O–H groups in total. The monoisotopic (exact) mass is 389 g/mol. The van der Waals surface area contributed by atoms with E-state index in [1.54, 1.807) is 37.3 Å². The number of Topliss-reactive ketones (excluding diaryl/α,β-unsaturated/α-hetero) is 1. The molecule has 0 fully saturated rings. The summed E-state index contributed by atoms with van der Waals surface area (Å²) in [5, 5.41) is 4.57. The number of anilines is 1. The Kier molecular flexibility index (Phi) is 4.76. The Bertz CT molecular complexity index is 1150. The molecule has 0 aliphatic carbocycles. The number of fused-ring (bicyclic) bond motifs is 2. The number of amides is 1. The Hall–Kier alpha value is -3.67. The van der Waals surface area contributed by atoms with Crippen LogP contribution in [0.5, 0.6) is 5.75 Å². The zero-order chi connectivity index (χ0) is 20.5. The van der Waals surface area contributed by atoms with E-state index in [-0.39, 0.29) is 23.2 Å². The van der Waals surface area contributed by atoms with Gasteiger partial charge in [-0.15, -0.1) is 0 Å². The Morgan fingerprint density at radius 3 is 2.48 bits per heavy atom. The molecule has 0 radical (unpaired) electrons. The van der Waals surface area contributed by atoms with E-state index in [4.69, 9.17) is 9.47 Å². The van der Waals surface area contributed by atoms with Gasteiger partial charge >= 0.3 is 5.97 Å². The van der Waals surface area contributed by atoms with Crippen LogP contribution in [0.25, 0.3) is 10.8 Å². The molecule has 0 saturated heterocycles. The molecule has 1 amide bonds. The first kappa shape index (κ1) is 18.7. The number of esters is 1. The molecule has 146 valence electrons. The number of carbonyl (C=O) groups excluding carboxylic acids is 3. The Morgan fingerprint density at radius 1 is 1.03 bits per heavy atom. The van der Waals surface area contributed by atoms with Crippen molar-refractivity contribution >= 4 is 34.1 Å². The molecule has 6 nitrogen and oxygen atoms in total. The average Bonchev–Trinajstić information content (AvgIpc) is 3.03. The van der Waals surface area contributed by atoms with E-state index in [1.165, 1.54) is 7.11 Å². The summed E-state index contributed by atoms with van der Waals surface area (Å²) in [5.41, 5.74) is 2.13. The lowest BCUT2D eigenvalue weighted by atomic mass is 9.99. The average molecular weight is 389 g/mol. The Labute approximate surface area is 167 Å². The SMILES string of the molecule is COc1cc2ccccc2cc1C(=O)OCC(=O)c1ccc2c(c1)[C@@H](C)C(=O)N2. The van der Waals surface area contributed by atoms with Crippen molar-refractivity contribution in [2.75, 3.05) is 19.0 Å². The van der Waals surface area contributed by atoms with Crippen molar-refractivity contribution in [2.45, 2.75) is 12.8 Å². The van der Waals surface area contributed by atoms with Gasteiger partial charge in [0, 0.05) is 11.3 Å². The van der Waals surface area contributed by atoms with Crippen LogP contribution in [0.2, 0.25) is 0 Å². The van der Waals surface area contributed by atoms with Gasteiger partial charge in [-0.2, -0.15) is 0 Å². The molecular formula is C23H19NO5. The highest BCUT2D eigenvalue weighted by Crippen LogP contribution is 2.33. The highest BCUT2D eigenvalue weighted by molar-refractivity contribution is 6.05. The summed E-state index contributed by atoms with van der Waals surface area (Å²) in [7, 11) is 1.48. The molecule has 4 rings (SSSR count). The van der Waals surface area contributed by atoms with Gasteiger partial charge < -0.3 is 14.8 Å². The summed E-state index contributed by atoms with van der Waals surface area (Å²) in [6.45, 7) is 1.38. The number of nitrogens with one attached hydrogen (secondary N) is 1. The molecule has 1 aliphatic heterocycles. The lowest BCUT2D eigenvalue weighted by Gasteiger charge is -2.11. The predicted octanol–water partition coefficient (Wildman–Crippen LogP) is 3.94. The summed E-state index contributed by atoms with van der Waals surface area (Å²) >= 11 is 0. The smallest absolute Gasteiger partial charge is 0.342 e. The third-order valence-electron chi connectivity index (χ3n) is 5.11. The van der Waals surface area contributed by atoms with Crippen LogP contribution in [0.15, 0.2) is 54.6 Å². The van der Waals surface area contributed by atoms with Crippen LogP contribution < -0.4 is 10.1 Å². The number of rotatable bonds is 5. The summed E-state index contributed by atoms with van der Waals surface area (Å²) in [6, 6.07) is 16.0. The molecule has 1 heterocycles. The van der Waals surface area contributed by atoms with Gasteiger partial charge in [-0.05, 0) is 53.6 Å². The van der Waals surface area contributed by atoms with Crippen molar-refractivity contribution in [3.05, 3.63) is 71.3 Å². The first-order valence-corrected chi connectivity index (χ1v) is 9.20. The summed E-state index contributed by atoms with van der Waals surface area (Å²) < 4.78 is 10.6. The zero-order valence-electron chi connectivity index (χ0n) is 16.0. The predicted molar refractivity (Wildman–Crippen MR) is 109 cm³/mol. The van der Waals surface area contributed by atoms with E-state index in [0.29, 0.717) is 17.0 Å². The van der Waals surface area contributed by atoms with Crippen LogP contribution in [-0.4, -0.2) is 31.4 Å². The maximum absolute atomic E-state index is 12.6. The summed E-state index contributed by atoms with van der Waals surface area (Å²) in [5.74, 6) is -1.00. The molecule has 6 heteroatoms. The van der Waals surface area contributed by atoms with Gasteiger partial charge in [0.05, 0.1) is 13.0 Å². The van der Waals surface area contributed by atoms with E-state index >= 15 is 0 Å². The standard InChI is InChI=1S/C23H19NO5/c1-13-17-10-16(7-8-19(17)24-22(13)26)20(25)12-29-23(27)18-9-14-5-3-4-6-15(14)11-21(18)28-2/h3-11,13H,12H2,1-2H3,(H,24,26)/t13-/m1/s1. The lowest BCUT2D eigenvalue weighted by molar-refractivity contribution is -0.116. The number of ether oxygens (including phenoxy) is 2. The summed E-state index contributed by atoms with van der Waals surface area (Å²) in [4.78, 5) is 36.9. The van der Waals surface area contributed by atoms with E-state index in [0.717, 1.165) is 16.3 Å². The largest absolute Gasteiger partial charge is 0.496 e. The number of benzene rings is 3. The van der Waals surface area contributed by atoms with Crippen molar-refractivity contribution in [1.82, 2.24) is 0 Å². The molecule has 3 aromatic carbocycles. The maximum atomic E-state index is 12.6. The first-order chi connectivity index (χ1) is 14.0. The molecule has 1 aliphatic rings. The molecule has 1 atom stereocenters. The third-order valence-corrected chi connectivity index (χ3v) is 5.11. The van der Waals surface area contributed by atoms with Gasteiger partial charge in [0.15, 0.2) is 12.4 Å². The fourth-order valence-corrected chi connectivity index (χ4v) is 3.43. The van der Waals surface area contributed by atoms with Gasteiger partial charge in [-0.25, -0.2) is 4.79 Å². The molecule has 3 aromatic rings. The topological polar surface area (TPSA) is 81.7 Å². The molecular weight excluding hydrogens is 370 g/mol. The Balaban J connectivity index is 1.51. The fraction of sp³-hybridized carbons (Fsp3) is 0.174. The minimum Gasteiger partial charge on any atom is -0.496 e. The van der Waals surface area contributed by atoms with Crippen LogP contribution in [0.3, 0.4) is 0 Å². The van der Waals surface area contributed by atoms with Crippen LogP contribution in [0.4, 0.5) is 5.69 Å². The molecule has 0 bridgehead atoms. The summed E-state index contributed by atoms with van der Waals surface area (Å²) in [6.07, 6.45) is 0. The number of ketones is 1. The second-order valence-corrected chi connectivity index (χ2v) is 6.91. The highest BCUT2D eigenvalue weighted by Gasteiger charge is 2.27. The maximum Gasteiger partial charge on any atom is 0.342 e. The minimum absolute atomic E-state index is 0.0978. The van der Waals surface area contributed by atoms with E-state index in [2.05, 4.69) is 5.32 Å². The Morgan fingerprint density at radius 2 is 1.76 bits per heavy atom. The number of hydrogen-bond donors (Lipinski definition) is 1. The molecule has 0 aromatic heterocycles. The van der Waals surface area contributed by atoms with Crippen LogP contribution in [0, 0.1) is 0 Å². The van der Waals surface area contributed by atoms with Gasteiger partial charge in [0.2, 0.25) is 5.91 Å². The molecule has 0 saturated carbocycles. The number of hydrogen-bond acceptors (Lipinski definition) is 5. The normalized spacial score (nSPS) is 15.0. The third kappa shape index (κ3) is 3.45. The van der Waals surface area contributed by atoms with Crippen molar-refractivity contribution in [2.24, 2.45) is 0 Å². The fourth-order valence-electron chi connectivity index (χ4n) is 3.43. The van der Waals surface area contributed by atoms with Crippen molar-refractivity contribution in [1.29, 1.82) is 0 Å². The van der Waals surface area contributed by atoms with Crippen molar-refractivity contribution in [3.63, 3.8) is 0 Å². The number of carbonyl (C=O) groups is 3. The van der Waals surface area contributed by atoms with Crippen LogP contribution >= 0.6 is 0 Å². The second-order valence-electron chi connectivity index (χ2n) is 6.91. The quantitative estimate of drug-likeness (QED) is 0.528. The molecule has 0 spiro atoms. The van der Waals surface area contributed by atoms with E-state index in [1.807, 2.05) is 24.3 Å². The highest BCUT2D eigenvalue weighted by atomic mass is 16.5. The first-order valence-electron chi connectivity index (χ1n) is 9.20. The van der Waals surface area contributed by atoms with Crippen LogP contribution in [-0.2, 0) is 9.53 Å². The van der Waals surface area contributed by atoms with Crippen molar-refractivity contribution < 1.29 is 23.9 Å². The van der Waals surface area contributed by atoms with Gasteiger partial charge in [0.1, 0.15) is 11.3 Å². The number of methoxy groups -OCH3 is 1. The van der Waals surface area contributed by atoms with Gasteiger partial charge in [-0.3, -0.25) is 9.59 Å².